The number of amides is 1. The molecule has 1 aliphatic heterocycles. The number of aliphatic hydroxyl groups is 1. The number of hydrogen-bond donors (Lipinski definition) is 2. The van der Waals surface area contributed by atoms with Crippen molar-refractivity contribution >= 4 is 11.9 Å². The Labute approximate surface area is 179 Å². The Kier molecular flexibility index (Phi) is 5.66. The zero-order valence-electron chi connectivity index (χ0n) is 17.6. The summed E-state index contributed by atoms with van der Waals surface area (Å²) < 4.78 is 10.4. The summed E-state index contributed by atoms with van der Waals surface area (Å²) >= 11 is 0. The Morgan fingerprint density at radius 3 is 2.71 bits per heavy atom. The number of ether oxygens (including phenoxy) is 1. The summed E-state index contributed by atoms with van der Waals surface area (Å²) in [7, 11) is 3.28. The number of carbonyl (C=O) groups is 1. The summed E-state index contributed by atoms with van der Waals surface area (Å²) in [5.74, 6) is 0.189. The highest BCUT2D eigenvalue weighted by Gasteiger charge is 2.48. The summed E-state index contributed by atoms with van der Waals surface area (Å²) in [6, 6.07) is 8.82. The van der Waals surface area contributed by atoms with Crippen LogP contribution in [-0.2, 0) is 15.1 Å². The van der Waals surface area contributed by atoms with E-state index >= 15 is 0 Å². The average Bonchev–Trinajstić information content (AvgIpc) is 3.37. The maximum absolute atomic E-state index is 12.3. The molecule has 4 heterocycles. The van der Waals surface area contributed by atoms with Gasteiger partial charge in [0.25, 0.3) is 5.91 Å². The minimum absolute atomic E-state index is 0.0521. The first-order valence-electron chi connectivity index (χ1n) is 9.92. The van der Waals surface area contributed by atoms with Crippen molar-refractivity contribution in [1.29, 1.82) is 0 Å². The molecule has 2 atom stereocenters. The summed E-state index contributed by atoms with van der Waals surface area (Å²) in [4.78, 5) is 27.2. The van der Waals surface area contributed by atoms with Gasteiger partial charge in [0.2, 0.25) is 11.5 Å². The van der Waals surface area contributed by atoms with Gasteiger partial charge in [-0.2, -0.15) is 0 Å². The van der Waals surface area contributed by atoms with E-state index in [0.29, 0.717) is 41.9 Å². The van der Waals surface area contributed by atoms with Crippen LogP contribution in [0.15, 0.2) is 41.1 Å². The molecule has 0 spiro atoms. The molecule has 0 bridgehead atoms. The van der Waals surface area contributed by atoms with Gasteiger partial charge in [-0.25, -0.2) is 15.0 Å². The molecule has 1 amide bonds. The first-order valence-corrected chi connectivity index (χ1v) is 9.92. The van der Waals surface area contributed by atoms with E-state index in [1.165, 1.54) is 4.90 Å². The van der Waals surface area contributed by atoms with Crippen molar-refractivity contribution in [2.75, 3.05) is 32.6 Å². The van der Waals surface area contributed by atoms with E-state index in [-0.39, 0.29) is 18.2 Å². The van der Waals surface area contributed by atoms with Crippen LogP contribution in [0.3, 0.4) is 0 Å². The molecule has 0 unspecified atom stereocenters. The van der Waals surface area contributed by atoms with Crippen molar-refractivity contribution in [3.05, 3.63) is 42.3 Å². The number of aromatic nitrogens is 4. The molecule has 10 heteroatoms. The van der Waals surface area contributed by atoms with Gasteiger partial charge in [-0.05, 0) is 25.1 Å². The average molecular weight is 424 g/mol. The zero-order chi connectivity index (χ0) is 22.0. The number of carbonyl (C=O) groups excluding carboxylic acids is 1. The van der Waals surface area contributed by atoms with Crippen LogP contribution >= 0.6 is 0 Å². The lowest BCUT2D eigenvalue weighted by molar-refractivity contribution is -0.144. The van der Waals surface area contributed by atoms with Crippen molar-refractivity contribution in [1.82, 2.24) is 25.0 Å². The second-order valence-electron chi connectivity index (χ2n) is 7.59. The maximum atomic E-state index is 12.3. The van der Waals surface area contributed by atoms with Gasteiger partial charge in [-0.3, -0.25) is 4.79 Å². The quantitative estimate of drug-likeness (QED) is 0.582. The Morgan fingerprint density at radius 2 is 2.00 bits per heavy atom. The molecule has 1 saturated heterocycles. The van der Waals surface area contributed by atoms with E-state index in [9.17, 15) is 9.90 Å². The fraction of sp³-hybridized carbons (Fsp3) is 0.381. The Hall–Kier alpha value is -3.37. The number of nitrogens with one attached hydrogen (secondary N) is 1. The summed E-state index contributed by atoms with van der Waals surface area (Å²) in [6.07, 6.45) is 1.91. The number of pyridine rings is 1. The van der Waals surface area contributed by atoms with Crippen LogP contribution in [-0.4, -0.2) is 69.4 Å². The molecule has 0 aromatic carbocycles. The number of nitrogens with zero attached hydrogens (tertiary/aromatic N) is 5. The summed E-state index contributed by atoms with van der Waals surface area (Å²) in [6.45, 7) is 2.95. The summed E-state index contributed by atoms with van der Waals surface area (Å²) in [5.41, 5.74) is 0.537. The van der Waals surface area contributed by atoms with Crippen molar-refractivity contribution in [3.8, 4) is 22.8 Å². The fourth-order valence-corrected chi connectivity index (χ4v) is 3.48. The third-order valence-electron chi connectivity index (χ3n) is 5.15. The van der Waals surface area contributed by atoms with E-state index in [0.717, 1.165) is 0 Å². The van der Waals surface area contributed by atoms with Gasteiger partial charge in [0.15, 0.2) is 5.76 Å². The van der Waals surface area contributed by atoms with Crippen LogP contribution in [0.25, 0.3) is 22.8 Å². The van der Waals surface area contributed by atoms with Crippen LogP contribution in [0.4, 0.5) is 5.95 Å². The number of likely N-dealkylation sites (N-methyl/N-ethyl adjacent to an activating group) is 1. The third-order valence-corrected chi connectivity index (χ3v) is 5.15. The number of rotatable bonds is 7. The molecule has 0 saturated carbocycles. The molecule has 0 aliphatic carbocycles. The lowest BCUT2D eigenvalue weighted by atomic mass is 9.98. The first-order chi connectivity index (χ1) is 14.9. The highest BCUT2D eigenvalue weighted by atomic mass is 16.5. The van der Waals surface area contributed by atoms with E-state index < -0.39 is 11.5 Å². The minimum Gasteiger partial charge on any atom is -0.383 e. The smallest absolute Gasteiger partial charge is 0.262 e. The first kappa shape index (κ1) is 20.9. The molecule has 2 N–H and O–H groups in total. The van der Waals surface area contributed by atoms with Gasteiger partial charge in [-0.1, -0.05) is 11.2 Å². The molecule has 1 aliphatic rings. The number of anilines is 1. The lowest BCUT2D eigenvalue weighted by Gasteiger charge is -2.16. The van der Waals surface area contributed by atoms with E-state index in [1.54, 1.807) is 38.6 Å². The van der Waals surface area contributed by atoms with Crippen LogP contribution in [0.2, 0.25) is 0 Å². The van der Waals surface area contributed by atoms with Crippen LogP contribution < -0.4 is 5.32 Å². The Bertz CT molecular complexity index is 1090. The van der Waals surface area contributed by atoms with Gasteiger partial charge in [0.1, 0.15) is 5.69 Å². The zero-order valence-corrected chi connectivity index (χ0v) is 17.6. The molecule has 3 aromatic rings. The van der Waals surface area contributed by atoms with Crippen LogP contribution in [0.5, 0.6) is 0 Å². The second-order valence-corrected chi connectivity index (χ2v) is 7.59. The Balaban J connectivity index is 1.59. The van der Waals surface area contributed by atoms with Gasteiger partial charge in [0.05, 0.1) is 23.7 Å². The Morgan fingerprint density at radius 1 is 1.26 bits per heavy atom. The molecule has 10 nitrogen and oxygen atoms in total. The molecule has 162 valence electrons. The maximum Gasteiger partial charge on any atom is 0.262 e. The number of methoxy groups -OCH3 is 1. The van der Waals surface area contributed by atoms with E-state index in [4.69, 9.17) is 9.26 Å². The number of hydrogen-bond acceptors (Lipinski definition) is 9. The predicted octanol–water partition coefficient (Wildman–Crippen LogP) is 1.69. The summed E-state index contributed by atoms with van der Waals surface area (Å²) in [5, 5.41) is 18.0. The normalized spacial score (nSPS) is 19.6. The van der Waals surface area contributed by atoms with Crippen molar-refractivity contribution in [3.63, 3.8) is 0 Å². The van der Waals surface area contributed by atoms with Crippen molar-refractivity contribution in [2.24, 2.45) is 0 Å². The van der Waals surface area contributed by atoms with Crippen LogP contribution in [0, 0.1) is 0 Å². The second kappa shape index (κ2) is 8.40. The topological polar surface area (TPSA) is 126 Å². The molecule has 31 heavy (non-hydrogen) atoms. The molecular weight excluding hydrogens is 400 g/mol. The number of likely N-dealkylation sites (tertiary alicyclic amines) is 1. The van der Waals surface area contributed by atoms with E-state index in [2.05, 4.69) is 25.4 Å². The highest BCUT2D eigenvalue weighted by molar-refractivity contribution is 5.87. The standard InChI is InChI=1S/C21H24N6O4/c1-13(12-30-3)23-20-22-9-7-16(25-20)14-5-4-6-15(24-14)17-11-18(31-26-17)21(29)8-10-27(2)19(21)28/h4-7,9,11,13,29H,8,10,12H2,1-3H3,(H,22,23,25)/t13-,21+/m0/s1. The molecule has 0 radical (unpaired) electrons. The van der Waals surface area contributed by atoms with Gasteiger partial charge >= 0.3 is 0 Å². The monoisotopic (exact) mass is 424 g/mol. The third kappa shape index (κ3) is 4.12. The van der Waals surface area contributed by atoms with E-state index in [1.807, 2.05) is 19.1 Å². The molecule has 4 rings (SSSR count). The molecule has 1 fully saturated rings. The van der Waals surface area contributed by atoms with Crippen molar-refractivity contribution < 1.29 is 19.2 Å². The highest BCUT2D eigenvalue weighted by Crippen LogP contribution is 2.34. The fourth-order valence-electron chi connectivity index (χ4n) is 3.48. The molecular formula is C21H24N6O4. The SMILES string of the molecule is COC[C@H](C)Nc1nccc(-c2cccc(-c3cc([C@]4(O)CCN(C)C4=O)on3)n2)n1. The van der Waals surface area contributed by atoms with Crippen molar-refractivity contribution in [2.45, 2.75) is 25.0 Å². The molecule has 3 aromatic heterocycles. The lowest BCUT2D eigenvalue weighted by Crippen LogP contribution is -2.35. The predicted molar refractivity (Wildman–Crippen MR) is 112 cm³/mol. The van der Waals surface area contributed by atoms with Gasteiger partial charge in [-0.15, -0.1) is 0 Å². The van der Waals surface area contributed by atoms with Crippen LogP contribution in [0.1, 0.15) is 19.1 Å². The van der Waals surface area contributed by atoms with Gasteiger partial charge < -0.3 is 24.6 Å². The van der Waals surface area contributed by atoms with Gasteiger partial charge in [0, 0.05) is 45.4 Å². The largest absolute Gasteiger partial charge is 0.383 e. The minimum atomic E-state index is -1.69.